The monoisotopic (exact) mass is 247 g/mol. The first kappa shape index (κ1) is 13.4. The van der Waals surface area contributed by atoms with E-state index in [1.54, 1.807) is 7.11 Å². The highest BCUT2D eigenvalue weighted by Gasteiger charge is 2.13. The Bertz CT molecular complexity index is 369. The number of methoxy groups -OCH3 is 1. The fourth-order valence-corrected chi connectivity index (χ4v) is 2.82. The van der Waals surface area contributed by atoms with Gasteiger partial charge in [0.05, 0.1) is 7.11 Å². The van der Waals surface area contributed by atoms with Gasteiger partial charge in [0.25, 0.3) is 0 Å². The fourth-order valence-electron chi connectivity index (χ4n) is 2.82. The Labute approximate surface area is 111 Å². The summed E-state index contributed by atoms with van der Waals surface area (Å²) in [6.45, 7) is 3.27. The normalized spacial score (nSPS) is 16.1. The van der Waals surface area contributed by atoms with Crippen molar-refractivity contribution in [2.24, 2.45) is 0 Å². The molecule has 2 nitrogen and oxygen atoms in total. The van der Waals surface area contributed by atoms with Crippen LogP contribution in [0.3, 0.4) is 0 Å². The molecule has 1 aromatic rings. The van der Waals surface area contributed by atoms with Crippen molar-refractivity contribution in [3.8, 4) is 5.75 Å². The van der Waals surface area contributed by atoms with E-state index in [4.69, 9.17) is 4.74 Å². The van der Waals surface area contributed by atoms with Crippen LogP contribution in [0.15, 0.2) is 18.2 Å². The topological polar surface area (TPSA) is 21.3 Å². The van der Waals surface area contributed by atoms with Crippen molar-refractivity contribution in [1.82, 2.24) is 5.32 Å². The maximum absolute atomic E-state index is 5.41. The minimum absolute atomic E-state index is 0.782. The number of benzene rings is 1. The predicted molar refractivity (Wildman–Crippen MR) is 76.3 cm³/mol. The van der Waals surface area contributed by atoms with Crippen LogP contribution < -0.4 is 10.1 Å². The minimum atomic E-state index is 0.782. The molecule has 1 saturated carbocycles. The number of nitrogens with one attached hydrogen (secondary N) is 1. The van der Waals surface area contributed by atoms with Gasteiger partial charge in [-0.25, -0.2) is 0 Å². The smallest absolute Gasteiger partial charge is 0.122 e. The molecule has 0 atom stereocenters. The molecule has 18 heavy (non-hydrogen) atoms. The molecule has 2 rings (SSSR count). The van der Waals surface area contributed by atoms with Crippen molar-refractivity contribution in [2.75, 3.05) is 13.7 Å². The van der Waals surface area contributed by atoms with Crippen LogP contribution in [0.5, 0.6) is 5.75 Å². The summed E-state index contributed by atoms with van der Waals surface area (Å²) in [5.74, 6) is 1.03. The van der Waals surface area contributed by atoms with Gasteiger partial charge < -0.3 is 10.1 Å². The van der Waals surface area contributed by atoms with Crippen LogP contribution in [0.4, 0.5) is 0 Å². The highest BCUT2D eigenvalue weighted by Crippen LogP contribution is 2.21. The third kappa shape index (κ3) is 3.74. The molecular formula is C16H25NO. The number of ether oxygens (including phenoxy) is 1. The second-order valence-corrected chi connectivity index (χ2v) is 5.35. The Morgan fingerprint density at radius 2 is 2.06 bits per heavy atom. The van der Waals surface area contributed by atoms with E-state index < -0.39 is 0 Å². The lowest BCUT2D eigenvalue weighted by Gasteiger charge is -2.13. The van der Waals surface area contributed by atoms with Crippen LogP contribution in [0, 0.1) is 6.92 Å². The summed E-state index contributed by atoms with van der Waals surface area (Å²) in [6, 6.07) is 7.21. The number of hydrogen-bond acceptors (Lipinski definition) is 2. The fraction of sp³-hybridized carbons (Fsp3) is 0.625. The predicted octanol–water partition coefficient (Wildman–Crippen LogP) is 3.47. The number of rotatable bonds is 6. The summed E-state index contributed by atoms with van der Waals surface area (Å²) in [5.41, 5.74) is 2.65. The molecule has 0 heterocycles. The van der Waals surface area contributed by atoms with Gasteiger partial charge in [-0.1, -0.05) is 30.5 Å². The maximum atomic E-state index is 5.41. The first-order chi connectivity index (χ1) is 8.79. The minimum Gasteiger partial charge on any atom is -0.496 e. The van der Waals surface area contributed by atoms with Crippen molar-refractivity contribution >= 4 is 0 Å². The number of aryl methyl sites for hydroxylation is 2. The summed E-state index contributed by atoms with van der Waals surface area (Å²) in [6.07, 6.45) is 7.84. The van der Waals surface area contributed by atoms with Gasteiger partial charge >= 0.3 is 0 Å². The summed E-state index contributed by atoms with van der Waals surface area (Å²) in [7, 11) is 1.75. The van der Waals surface area contributed by atoms with Crippen molar-refractivity contribution in [1.29, 1.82) is 0 Å². The van der Waals surface area contributed by atoms with Gasteiger partial charge in [0.1, 0.15) is 5.75 Å². The molecule has 1 N–H and O–H groups in total. The SMILES string of the molecule is COc1ccc(C)cc1CCCNC1CCCC1. The molecule has 100 valence electrons. The van der Waals surface area contributed by atoms with Crippen molar-refractivity contribution in [3.05, 3.63) is 29.3 Å². The van der Waals surface area contributed by atoms with E-state index in [1.165, 1.54) is 43.2 Å². The lowest BCUT2D eigenvalue weighted by atomic mass is 10.1. The van der Waals surface area contributed by atoms with Crippen LogP contribution >= 0.6 is 0 Å². The molecule has 0 unspecified atom stereocenters. The molecule has 1 aliphatic carbocycles. The third-order valence-electron chi connectivity index (χ3n) is 3.85. The molecule has 0 radical (unpaired) electrons. The number of hydrogen-bond donors (Lipinski definition) is 1. The van der Waals surface area contributed by atoms with E-state index in [2.05, 4.69) is 30.4 Å². The van der Waals surface area contributed by atoms with Crippen LogP contribution in [0.1, 0.15) is 43.2 Å². The van der Waals surface area contributed by atoms with Gasteiger partial charge in [0, 0.05) is 6.04 Å². The van der Waals surface area contributed by atoms with E-state index in [0.29, 0.717) is 0 Å². The lowest BCUT2D eigenvalue weighted by Crippen LogP contribution is -2.27. The standard InChI is InChI=1S/C16H25NO/c1-13-9-10-16(18-2)14(12-13)6-5-11-17-15-7-3-4-8-15/h9-10,12,15,17H,3-8,11H2,1-2H3. The Morgan fingerprint density at radius 3 is 2.78 bits per heavy atom. The summed E-state index contributed by atoms with van der Waals surface area (Å²) >= 11 is 0. The Hall–Kier alpha value is -1.02. The first-order valence-electron chi connectivity index (χ1n) is 7.16. The Kier molecular flexibility index (Phi) is 5.06. The summed E-state index contributed by atoms with van der Waals surface area (Å²) in [4.78, 5) is 0. The van der Waals surface area contributed by atoms with E-state index in [1.807, 2.05) is 0 Å². The highest BCUT2D eigenvalue weighted by atomic mass is 16.5. The Morgan fingerprint density at radius 1 is 1.28 bits per heavy atom. The molecule has 1 aromatic carbocycles. The maximum Gasteiger partial charge on any atom is 0.122 e. The zero-order valence-electron chi connectivity index (χ0n) is 11.7. The highest BCUT2D eigenvalue weighted by molar-refractivity contribution is 5.36. The average Bonchev–Trinajstić information content (AvgIpc) is 2.88. The molecule has 0 saturated heterocycles. The molecule has 2 heteroatoms. The second kappa shape index (κ2) is 6.79. The van der Waals surface area contributed by atoms with Gasteiger partial charge in [-0.15, -0.1) is 0 Å². The molecule has 0 aliphatic heterocycles. The van der Waals surface area contributed by atoms with Gasteiger partial charge in [0.2, 0.25) is 0 Å². The van der Waals surface area contributed by atoms with E-state index in [0.717, 1.165) is 24.8 Å². The van der Waals surface area contributed by atoms with Gasteiger partial charge in [-0.05, 0) is 50.8 Å². The van der Waals surface area contributed by atoms with Crippen molar-refractivity contribution in [2.45, 2.75) is 51.5 Å². The summed E-state index contributed by atoms with van der Waals surface area (Å²) in [5, 5.41) is 3.66. The quantitative estimate of drug-likeness (QED) is 0.777. The van der Waals surface area contributed by atoms with Crippen LogP contribution in [-0.4, -0.2) is 19.7 Å². The van der Waals surface area contributed by atoms with E-state index in [-0.39, 0.29) is 0 Å². The molecule has 1 fully saturated rings. The Balaban J connectivity index is 1.76. The van der Waals surface area contributed by atoms with Crippen molar-refractivity contribution in [3.63, 3.8) is 0 Å². The van der Waals surface area contributed by atoms with Gasteiger partial charge in [0.15, 0.2) is 0 Å². The second-order valence-electron chi connectivity index (χ2n) is 5.35. The summed E-state index contributed by atoms with van der Waals surface area (Å²) < 4.78 is 5.41. The first-order valence-corrected chi connectivity index (χ1v) is 7.16. The molecule has 1 aliphatic rings. The largest absolute Gasteiger partial charge is 0.496 e. The molecule has 0 spiro atoms. The zero-order valence-corrected chi connectivity index (χ0v) is 11.7. The zero-order chi connectivity index (χ0) is 12.8. The van der Waals surface area contributed by atoms with E-state index >= 15 is 0 Å². The molecule has 0 aromatic heterocycles. The van der Waals surface area contributed by atoms with Gasteiger partial charge in [-0.2, -0.15) is 0 Å². The molecule has 0 amide bonds. The van der Waals surface area contributed by atoms with Crippen LogP contribution in [0.2, 0.25) is 0 Å². The van der Waals surface area contributed by atoms with E-state index in [9.17, 15) is 0 Å². The molecular weight excluding hydrogens is 222 g/mol. The van der Waals surface area contributed by atoms with Gasteiger partial charge in [-0.3, -0.25) is 0 Å². The van der Waals surface area contributed by atoms with Crippen molar-refractivity contribution < 1.29 is 4.74 Å². The lowest BCUT2D eigenvalue weighted by molar-refractivity contribution is 0.408. The van der Waals surface area contributed by atoms with Crippen LogP contribution in [0.25, 0.3) is 0 Å². The van der Waals surface area contributed by atoms with Crippen LogP contribution in [-0.2, 0) is 6.42 Å². The third-order valence-corrected chi connectivity index (χ3v) is 3.85. The molecule has 0 bridgehead atoms. The average molecular weight is 247 g/mol.